The summed E-state index contributed by atoms with van der Waals surface area (Å²) < 4.78 is 21.8. The summed E-state index contributed by atoms with van der Waals surface area (Å²) in [5.74, 6) is 2.35. The number of benzene rings is 2. The summed E-state index contributed by atoms with van der Waals surface area (Å²) in [5, 5.41) is 4.20. The van der Waals surface area contributed by atoms with Crippen molar-refractivity contribution in [2.45, 2.75) is 0 Å². The Labute approximate surface area is 152 Å². The predicted octanol–water partition coefficient (Wildman–Crippen LogP) is 4.10. The molecule has 0 spiro atoms. The third kappa shape index (κ3) is 3.31. The molecule has 0 radical (unpaired) electrons. The molecule has 3 rings (SSSR count). The first-order chi connectivity index (χ1) is 12.6. The summed E-state index contributed by atoms with van der Waals surface area (Å²) in [5.41, 5.74) is 3.55. The Kier molecular flexibility index (Phi) is 5.02. The molecule has 0 fully saturated rings. The summed E-state index contributed by atoms with van der Waals surface area (Å²) in [4.78, 5) is 2.05. The van der Waals surface area contributed by atoms with Gasteiger partial charge in [-0.1, -0.05) is 17.3 Å². The summed E-state index contributed by atoms with van der Waals surface area (Å²) in [7, 11) is 8.78. The van der Waals surface area contributed by atoms with Crippen LogP contribution >= 0.6 is 0 Å². The third-order valence-electron chi connectivity index (χ3n) is 4.14. The molecular formula is C20H22N2O4. The molecule has 0 aliphatic heterocycles. The van der Waals surface area contributed by atoms with Gasteiger partial charge in [-0.05, 0) is 18.2 Å². The lowest BCUT2D eigenvalue weighted by Crippen LogP contribution is -2.07. The van der Waals surface area contributed by atoms with Gasteiger partial charge in [-0.15, -0.1) is 0 Å². The minimum absolute atomic E-state index is 0.565. The van der Waals surface area contributed by atoms with E-state index in [-0.39, 0.29) is 0 Å². The van der Waals surface area contributed by atoms with Gasteiger partial charge in [-0.3, -0.25) is 0 Å². The average molecular weight is 354 g/mol. The second kappa shape index (κ2) is 7.39. The van der Waals surface area contributed by atoms with E-state index in [1.54, 1.807) is 27.4 Å². The van der Waals surface area contributed by atoms with E-state index in [0.29, 0.717) is 28.6 Å². The van der Waals surface area contributed by atoms with Crippen molar-refractivity contribution >= 4 is 5.69 Å². The number of aromatic nitrogens is 1. The Morgan fingerprint density at radius 1 is 0.885 bits per heavy atom. The number of hydrogen-bond donors (Lipinski definition) is 0. The number of nitrogens with zero attached hydrogens (tertiary/aromatic N) is 2. The lowest BCUT2D eigenvalue weighted by Gasteiger charge is -2.13. The van der Waals surface area contributed by atoms with Gasteiger partial charge in [0.05, 0.1) is 26.9 Å². The monoisotopic (exact) mass is 354 g/mol. The SMILES string of the molecule is COc1cc(OC)c(OC)c(-c2cc(-c3ccc(N(C)C)cc3)no2)c1. The van der Waals surface area contributed by atoms with Crippen LogP contribution in [0.25, 0.3) is 22.6 Å². The molecule has 3 aromatic rings. The van der Waals surface area contributed by atoms with Gasteiger partial charge in [0.15, 0.2) is 17.3 Å². The highest BCUT2D eigenvalue weighted by Crippen LogP contribution is 2.42. The van der Waals surface area contributed by atoms with Gasteiger partial charge in [0.25, 0.3) is 0 Å². The summed E-state index contributed by atoms with van der Waals surface area (Å²) in [6.07, 6.45) is 0. The predicted molar refractivity (Wildman–Crippen MR) is 101 cm³/mol. The first kappa shape index (κ1) is 17.7. The lowest BCUT2D eigenvalue weighted by molar-refractivity contribution is 0.348. The first-order valence-corrected chi connectivity index (χ1v) is 8.12. The smallest absolute Gasteiger partial charge is 0.172 e. The van der Waals surface area contributed by atoms with Crippen molar-refractivity contribution in [3.8, 4) is 39.8 Å². The maximum absolute atomic E-state index is 5.57. The average Bonchev–Trinajstić information content (AvgIpc) is 3.16. The van der Waals surface area contributed by atoms with E-state index < -0.39 is 0 Å². The number of anilines is 1. The van der Waals surface area contributed by atoms with Crippen LogP contribution in [0.1, 0.15) is 0 Å². The van der Waals surface area contributed by atoms with Crippen LogP contribution in [0.3, 0.4) is 0 Å². The van der Waals surface area contributed by atoms with E-state index in [1.807, 2.05) is 55.4 Å². The van der Waals surface area contributed by atoms with Crippen LogP contribution in [0.15, 0.2) is 47.0 Å². The van der Waals surface area contributed by atoms with Crippen molar-refractivity contribution in [2.24, 2.45) is 0 Å². The van der Waals surface area contributed by atoms with Crippen molar-refractivity contribution < 1.29 is 18.7 Å². The van der Waals surface area contributed by atoms with Crippen LogP contribution in [0.5, 0.6) is 17.2 Å². The molecule has 1 heterocycles. The molecule has 26 heavy (non-hydrogen) atoms. The van der Waals surface area contributed by atoms with E-state index in [4.69, 9.17) is 18.7 Å². The van der Waals surface area contributed by atoms with Gasteiger partial charge < -0.3 is 23.6 Å². The molecule has 0 atom stereocenters. The Morgan fingerprint density at radius 3 is 2.19 bits per heavy atom. The number of ether oxygens (including phenoxy) is 3. The molecule has 1 aromatic heterocycles. The quantitative estimate of drug-likeness (QED) is 0.664. The zero-order valence-electron chi connectivity index (χ0n) is 15.6. The zero-order valence-corrected chi connectivity index (χ0v) is 15.6. The van der Waals surface area contributed by atoms with Gasteiger partial charge in [-0.25, -0.2) is 0 Å². The molecule has 0 N–H and O–H groups in total. The van der Waals surface area contributed by atoms with E-state index in [2.05, 4.69) is 5.16 Å². The number of rotatable bonds is 6. The first-order valence-electron chi connectivity index (χ1n) is 8.12. The van der Waals surface area contributed by atoms with Crippen molar-refractivity contribution in [3.05, 3.63) is 42.5 Å². The molecule has 2 aromatic carbocycles. The Morgan fingerprint density at radius 2 is 1.62 bits per heavy atom. The zero-order chi connectivity index (χ0) is 18.7. The molecule has 0 amide bonds. The van der Waals surface area contributed by atoms with Crippen molar-refractivity contribution in [3.63, 3.8) is 0 Å². The molecule has 6 heteroatoms. The van der Waals surface area contributed by atoms with Crippen LogP contribution in [0.2, 0.25) is 0 Å². The standard InChI is InChI=1S/C20H22N2O4/c1-22(2)14-8-6-13(7-9-14)17-12-18(26-21-17)16-10-15(23-3)11-19(24-4)20(16)25-5/h6-12H,1-5H3. The normalized spacial score (nSPS) is 10.5. The van der Waals surface area contributed by atoms with Gasteiger partial charge in [0.1, 0.15) is 11.4 Å². The minimum Gasteiger partial charge on any atom is -0.497 e. The van der Waals surface area contributed by atoms with Crippen LogP contribution in [0.4, 0.5) is 5.69 Å². The van der Waals surface area contributed by atoms with E-state index in [9.17, 15) is 0 Å². The Bertz CT molecular complexity index is 885. The van der Waals surface area contributed by atoms with Crippen molar-refractivity contribution in [1.29, 1.82) is 0 Å². The summed E-state index contributed by atoms with van der Waals surface area (Å²) >= 11 is 0. The molecule has 0 saturated carbocycles. The fourth-order valence-corrected chi connectivity index (χ4v) is 2.71. The second-order valence-electron chi connectivity index (χ2n) is 5.93. The van der Waals surface area contributed by atoms with Crippen LogP contribution in [-0.4, -0.2) is 40.6 Å². The van der Waals surface area contributed by atoms with E-state index in [1.165, 1.54) is 0 Å². The molecule has 0 saturated heterocycles. The highest BCUT2D eigenvalue weighted by atomic mass is 16.5. The van der Waals surface area contributed by atoms with Crippen LogP contribution in [0, 0.1) is 0 Å². The van der Waals surface area contributed by atoms with Gasteiger partial charge in [-0.2, -0.15) is 0 Å². The largest absolute Gasteiger partial charge is 0.497 e. The fourth-order valence-electron chi connectivity index (χ4n) is 2.71. The highest BCUT2D eigenvalue weighted by molar-refractivity contribution is 5.75. The molecule has 136 valence electrons. The maximum Gasteiger partial charge on any atom is 0.172 e. The molecule has 6 nitrogen and oxygen atoms in total. The lowest BCUT2D eigenvalue weighted by atomic mass is 10.1. The highest BCUT2D eigenvalue weighted by Gasteiger charge is 2.19. The number of hydrogen-bond acceptors (Lipinski definition) is 6. The summed E-state index contributed by atoms with van der Waals surface area (Å²) in [6.45, 7) is 0. The molecule has 0 aliphatic carbocycles. The Hall–Kier alpha value is -3.15. The van der Waals surface area contributed by atoms with Crippen LogP contribution < -0.4 is 19.1 Å². The van der Waals surface area contributed by atoms with Gasteiger partial charge in [0.2, 0.25) is 0 Å². The molecule has 0 aliphatic rings. The summed E-state index contributed by atoms with van der Waals surface area (Å²) in [6, 6.07) is 13.6. The van der Waals surface area contributed by atoms with E-state index in [0.717, 1.165) is 16.9 Å². The number of methoxy groups -OCH3 is 3. The fraction of sp³-hybridized carbons (Fsp3) is 0.250. The Balaban J connectivity index is 2.02. The molecule has 0 unspecified atom stereocenters. The third-order valence-corrected chi connectivity index (χ3v) is 4.14. The topological polar surface area (TPSA) is 57.0 Å². The van der Waals surface area contributed by atoms with E-state index >= 15 is 0 Å². The second-order valence-corrected chi connectivity index (χ2v) is 5.93. The minimum atomic E-state index is 0.565. The molecular weight excluding hydrogens is 332 g/mol. The van der Waals surface area contributed by atoms with Crippen LogP contribution in [-0.2, 0) is 0 Å². The molecule has 0 bridgehead atoms. The van der Waals surface area contributed by atoms with Gasteiger partial charge in [0, 0.05) is 37.5 Å². The van der Waals surface area contributed by atoms with Gasteiger partial charge >= 0.3 is 0 Å². The van der Waals surface area contributed by atoms with Crippen molar-refractivity contribution in [2.75, 3.05) is 40.3 Å². The van der Waals surface area contributed by atoms with Crippen molar-refractivity contribution in [1.82, 2.24) is 5.16 Å². The maximum atomic E-state index is 5.57.